The molecule has 0 saturated carbocycles. The summed E-state index contributed by atoms with van der Waals surface area (Å²) in [5.74, 6) is 0.0338. The number of nitro groups is 1. The molecule has 0 radical (unpaired) electrons. The minimum Gasteiger partial charge on any atom is -0.378 e. The van der Waals surface area contributed by atoms with Crippen LogP contribution in [0.15, 0.2) is 12.3 Å². The zero-order valence-corrected chi connectivity index (χ0v) is 7.60. The van der Waals surface area contributed by atoms with Crippen LogP contribution < -0.4 is 4.90 Å². The number of hydrogen-bond donors (Lipinski definition) is 1. The topological polar surface area (TPSA) is 71.4 Å². The van der Waals surface area contributed by atoms with Crippen molar-refractivity contribution in [1.29, 1.82) is 0 Å². The molecule has 14 heavy (non-hydrogen) atoms. The standard InChI is InChI=1S/C8H11N3O3/c12-11(13)8-5-7(6-9-8)10-1-3-14-4-2-10/h5-6,9H,1-4H2. The maximum atomic E-state index is 10.4. The lowest BCUT2D eigenvalue weighted by atomic mass is 10.3. The van der Waals surface area contributed by atoms with E-state index in [0.29, 0.717) is 13.2 Å². The highest BCUT2D eigenvalue weighted by Gasteiger charge is 2.16. The molecule has 1 saturated heterocycles. The van der Waals surface area contributed by atoms with Crippen LogP contribution in [-0.4, -0.2) is 36.2 Å². The molecule has 2 rings (SSSR count). The molecule has 76 valence electrons. The predicted molar refractivity (Wildman–Crippen MR) is 50.5 cm³/mol. The molecule has 1 fully saturated rings. The zero-order chi connectivity index (χ0) is 9.97. The first-order chi connectivity index (χ1) is 6.77. The van der Waals surface area contributed by atoms with Crippen molar-refractivity contribution in [3.63, 3.8) is 0 Å². The van der Waals surface area contributed by atoms with Crippen LogP contribution in [0.3, 0.4) is 0 Å². The molecule has 0 amide bonds. The average Bonchev–Trinajstić information content (AvgIpc) is 2.68. The average molecular weight is 197 g/mol. The second kappa shape index (κ2) is 3.67. The van der Waals surface area contributed by atoms with Gasteiger partial charge in [0, 0.05) is 13.1 Å². The van der Waals surface area contributed by atoms with E-state index in [1.165, 1.54) is 0 Å². The molecule has 1 aliphatic rings. The van der Waals surface area contributed by atoms with Crippen molar-refractivity contribution in [1.82, 2.24) is 4.98 Å². The Morgan fingerprint density at radius 2 is 2.21 bits per heavy atom. The monoisotopic (exact) mass is 197 g/mol. The van der Waals surface area contributed by atoms with Gasteiger partial charge in [-0.25, -0.2) is 4.98 Å². The molecule has 1 aromatic rings. The van der Waals surface area contributed by atoms with Crippen LogP contribution in [0.4, 0.5) is 11.5 Å². The van der Waals surface area contributed by atoms with Crippen molar-refractivity contribution in [3.05, 3.63) is 22.4 Å². The van der Waals surface area contributed by atoms with Crippen LogP contribution in [0, 0.1) is 10.1 Å². The minimum absolute atomic E-state index is 0.0338. The van der Waals surface area contributed by atoms with Crippen molar-refractivity contribution < 1.29 is 9.66 Å². The van der Waals surface area contributed by atoms with Gasteiger partial charge in [0.1, 0.15) is 6.20 Å². The molecule has 1 aliphatic heterocycles. The Labute approximate surface area is 80.6 Å². The summed E-state index contributed by atoms with van der Waals surface area (Å²) < 4.78 is 5.19. The third kappa shape index (κ3) is 1.69. The molecule has 6 heteroatoms. The molecular weight excluding hydrogens is 186 g/mol. The summed E-state index contributed by atoms with van der Waals surface area (Å²) in [5.41, 5.74) is 0.861. The highest BCUT2D eigenvalue weighted by Crippen LogP contribution is 2.20. The molecule has 6 nitrogen and oxygen atoms in total. The third-order valence-electron chi connectivity index (χ3n) is 2.23. The molecule has 0 aromatic carbocycles. The summed E-state index contributed by atoms with van der Waals surface area (Å²) in [5, 5.41) is 10.4. The van der Waals surface area contributed by atoms with E-state index in [0.717, 1.165) is 18.8 Å². The summed E-state index contributed by atoms with van der Waals surface area (Å²) in [6.45, 7) is 2.93. The first kappa shape index (κ1) is 9.01. The Morgan fingerprint density at radius 1 is 1.50 bits per heavy atom. The van der Waals surface area contributed by atoms with Gasteiger partial charge in [-0.1, -0.05) is 0 Å². The van der Waals surface area contributed by atoms with Crippen molar-refractivity contribution >= 4 is 11.5 Å². The Bertz CT molecular complexity index is 330. The Morgan fingerprint density at radius 3 is 2.79 bits per heavy atom. The number of ether oxygens (including phenoxy) is 1. The van der Waals surface area contributed by atoms with Gasteiger partial charge in [0.2, 0.25) is 0 Å². The summed E-state index contributed by atoms with van der Waals surface area (Å²) in [6, 6.07) is 1.55. The van der Waals surface area contributed by atoms with E-state index in [9.17, 15) is 10.1 Å². The molecule has 0 aliphatic carbocycles. The lowest BCUT2D eigenvalue weighted by molar-refractivity contribution is -0.389. The van der Waals surface area contributed by atoms with Crippen LogP contribution >= 0.6 is 0 Å². The summed E-state index contributed by atoms with van der Waals surface area (Å²) in [7, 11) is 0. The van der Waals surface area contributed by atoms with E-state index in [-0.39, 0.29) is 5.82 Å². The minimum atomic E-state index is -0.427. The highest BCUT2D eigenvalue weighted by atomic mass is 16.6. The van der Waals surface area contributed by atoms with Gasteiger partial charge >= 0.3 is 5.82 Å². The van der Waals surface area contributed by atoms with Gasteiger partial charge < -0.3 is 19.8 Å². The van der Waals surface area contributed by atoms with E-state index in [1.807, 2.05) is 0 Å². The molecule has 0 spiro atoms. The van der Waals surface area contributed by atoms with Gasteiger partial charge in [0.05, 0.1) is 25.0 Å². The molecule has 1 aromatic heterocycles. The van der Waals surface area contributed by atoms with Gasteiger partial charge in [-0.3, -0.25) is 0 Å². The first-order valence-corrected chi connectivity index (χ1v) is 4.43. The maximum Gasteiger partial charge on any atom is 0.322 e. The number of aromatic nitrogens is 1. The molecular formula is C8H11N3O3. The molecule has 2 heterocycles. The van der Waals surface area contributed by atoms with Crippen molar-refractivity contribution in [3.8, 4) is 0 Å². The van der Waals surface area contributed by atoms with Crippen LogP contribution in [0.1, 0.15) is 0 Å². The fourth-order valence-electron chi connectivity index (χ4n) is 1.48. The summed E-state index contributed by atoms with van der Waals surface area (Å²) in [6.07, 6.45) is 1.66. The Hall–Kier alpha value is -1.56. The van der Waals surface area contributed by atoms with Crippen LogP contribution in [0.25, 0.3) is 0 Å². The smallest absolute Gasteiger partial charge is 0.322 e. The first-order valence-electron chi connectivity index (χ1n) is 4.43. The number of nitrogens with one attached hydrogen (secondary N) is 1. The maximum absolute atomic E-state index is 10.4. The van der Waals surface area contributed by atoms with Crippen molar-refractivity contribution in [2.75, 3.05) is 31.2 Å². The molecule has 0 bridgehead atoms. The van der Waals surface area contributed by atoms with E-state index in [2.05, 4.69) is 9.88 Å². The zero-order valence-electron chi connectivity index (χ0n) is 7.60. The summed E-state index contributed by atoms with van der Waals surface area (Å²) >= 11 is 0. The van der Waals surface area contributed by atoms with Crippen LogP contribution in [0.5, 0.6) is 0 Å². The lowest BCUT2D eigenvalue weighted by Gasteiger charge is -2.26. The van der Waals surface area contributed by atoms with Gasteiger partial charge in [-0.05, 0) is 4.92 Å². The van der Waals surface area contributed by atoms with Gasteiger partial charge in [0.15, 0.2) is 0 Å². The largest absolute Gasteiger partial charge is 0.378 e. The fraction of sp³-hybridized carbons (Fsp3) is 0.500. The van der Waals surface area contributed by atoms with Gasteiger partial charge in [-0.15, -0.1) is 0 Å². The molecule has 0 atom stereocenters. The number of H-pyrrole nitrogens is 1. The molecule has 0 unspecified atom stereocenters. The normalized spacial score (nSPS) is 17.0. The lowest BCUT2D eigenvalue weighted by Crippen LogP contribution is -2.35. The second-order valence-electron chi connectivity index (χ2n) is 3.10. The van der Waals surface area contributed by atoms with Crippen LogP contribution in [0.2, 0.25) is 0 Å². The molecule has 1 N–H and O–H groups in total. The highest BCUT2D eigenvalue weighted by molar-refractivity contribution is 5.50. The SMILES string of the molecule is O=[N+]([O-])c1cc(N2CCOCC2)c[nH]1. The van der Waals surface area contributed by atoms with E-state index in [1.54, 1.807) is 12.3 Å². The number of anilines is 1. The van der Waals surface area contributed by atoms with Gasteiger partial charge in [-0.2, -0.15) is 0 Å². The number of nitrogens with zero attached hydrogens (tertiary/aromatic N) is 2. The number of hydrogen-bond acceptors (Lipinski definition) is 4. The van der Waals surface area contributed by atoms with Gasteiger partial charge in [0.25, 0.3) is 0 Å². The number of morpholine rings is 1. The predicted octanol–water partition coefficient (Wildman–Crippen LogP) is 0.759. The quantitative estimate of drug-likeness (QED) is 0.561. The van der Waals surface area contributed by atoms with E-state index >= 15 is 0 Å². The summed E-state index contributed by atoms with van der Waals surface area (Å²) in [4.78, 5) is 14.7. The number of aromatic amines is 1. The van der Waals surface area contributed by atoms with Crippen molar-refractivity contribution in [2.24, 2.45) is 0 Å². The van der Waals surface area contributed by atoms with Crippen LogP contribution in [-0.2, 0) is 4.74 Å². The Kier molecular flexibility index (Phi) is 2.36. The third-order valence-corrected chi connectivity index (χ3v) is 2.23. The Balaban J connectivity index is 2.11. The fourth-order valence-corrected chi connectivity index (χ4v) is 1.48. The van der Waals surface area contributed by atoms with Crippen molar-refractivity contribution in [2.45, 2.75) is 0 Å². The van der Waals surface area contributed by atoms with E-state index < -0.39 is 4.92 Å². The van der Waals surface area contributed by atoms with E-state index in [4.69, 9.17) is 4.74 Å². The second-order valence-corrected chi connectivity index (χ2v) is 3.10. The number of rotatable bonds is 2.